The summed E-state index contributed by atoms with van der Waals surface area (Å²) in [6.07, 6.45) is 4.75. The molecule has 3 atom stereocenters. The number of nitrogens with one attached hydrogen (secondary N) is 1. The predicted molar refractivity (Wildman–Crippen MR) is 124 cm³/mol. The van der Waals surface area contributed by atoms with Crippen molar-refractivity contribution in [3.63, 3.8) is 0 Å². The van der Waals surface area contributed by atoms with Gasteiger partial charge in [-0.25, -0.2) is 22.0 Å². The normalized spacial score (nSPS) is 23.7. The van der Waals surface area contributed by atoms with Crippen LogP contribution in [0.4, 0.5) is 0 Å². The topological polar surface area (TPSA) is 127 Å². The number of benzene rings is 2. The van der Waals surface area contributed by atoms with Gasteiger partial charge >= 0.3 is 0 Å². The average molecular weight is 492 g/mol. The molecule has 2 fully saturated rings. The van der Waals surface area contributed by atoms with Crippen molar-refractivity contribution in [2.45, 2.75) is 60.4 Å². The van der Waals surface area contributed by atoms with Gasteiger partial charge in [0.2, 0.25) is 26.0 Å². The molecule has 0 bridgehead atoms. The maximum atomic E-state index is 13.5. The lowest BCUT2D eigenvalue weighted by atomic mass is 9.85. The fourth-order valence-corrected chi connectivity index (χ4v) is 7.41. The van der Waals surface area contributed by atoms with Crippen LogP contribution in [0.1, 0.15) is 37.7 Å². The number of fused-ring (bicyclic) bond motifs is 1. The summed E-state index contributed by atoms with van der Waals surface area (Å²) in [5.41, 5.74) is 0.844. The Morgan fingerprint density at radius 3 is 2.27 bits per heavy atom. The van der Waals surface area contributed by atoms with Gasteiger partial charge in [0.05, 0.1) is 9.79 Å². The van der Waals surface area contributed by atoms with Crippen LogP contribution >= 0.6 is 0 Å². The molecule has 2 aromatic rings. The summed E-state index contributed by atoms with van der Waals surface area (Å²) >= 11 is 0. The minimum Gasteiger partial charge on any atom is -0.354 e. The number of primary sulfonamides is 1. The zero-order valence-corrected chi connectivity index (χ0v) is 19.9. The molecular formula is C23H29N3O5S2. The third kappa shape index (κ3) is 5.13. The van der Waals surface area contributed by atoms with E-state index in [1.165, 1.54) is 16.4 Å². The molecule has 3 N–H and O–H groups in total. The molecule has 33 heavy (non-hydrogen) atoms. The molecule has 2 aromatic carbocycles. The summed E-state index contributed by atoms with van der Waals surface area (Å²) in [4.78, 5) is 13.4. The highest BCUT2D eigenvalue weighted by Gasteiger charge is 2.50. The molecule has 1 saturated carbocycles. The van der Waals surface area contributed by atoms with E-state index in [1.54, 1.807) is 42.5 Å². The van der Waals surface area contributed by atoms with Crippen molar-refractivity contribution in [2.24, 2.45) is 11.1 Å². The zero-order valence-electron chi connectivity index (χ0n) is 18.3. The van der Waals surface area contributed by atoms with Crippen LogP contribution in [0.2, 0.25) is 0 Å². The molecule has 0 spiro atoms. The van der Waals surface area contributed by atoms with E-state index in [-0.39, 0.29) is 27.7 Å². The predicted octanol–water partition coefficient (Wildman–Crippen LogP) is 2.01. The van der Waals surface area contributed by atoms with Gasteiger partial charge in [-0.05, 0) is 61.4 Å². The van der Waals surface area contributed by atoms with E-state index < -0.39 is 26.1 Å². The quantitative estimate of drug-likeness (QED) is 0.613. The number of hydrogen-bond donors (Lipinski definition) is 2. The maximum absolute atomic E-state index is 13.5. The SMILES string of the molecule is NS(=O)(=O)c1ccc(CCNC(=O)[C@@H]2C[C@@H]3CCCC[C@H]3N2S(=O)(=O)c2ccccc2)cc1. The van der Waals surface area contributed by atoms with Gasteiger partial charge < -0.3 is 5.32 Å². The molecule has 0 aromatic heterocycles. The van der Waals surface area contributed by atoms with Gasteiger partial charge in [0, 0.05) is 12.6 Å². The average Bonchev–Trinajstić information content (AvgIpc) is 3.20. The van der Waals surface area contributed by atoms with Gasteiger partial charge in [-0.3, -0.25) is 4.79 Å². The Morgan fingerprint density at radius 2 is 1.61 bits per heavy atom. The standard InChI is InChI=1S/C23H29N3O5S2/c24-32(28,29)19-12-10-17(11-13-19)14-15-25-23(27)22-16-18-6-4-5-9-21(18)26(22)33(30,31)20-7-2-1-3-8-20/h1-3,7-8,10-13,18,21-22H,4-6,9,14-16H2,(H,25,27)(H2,24,28,29)/t18-,21+,22-/m0/s1. The minimum atomic E-state index is -3.80. The molecule has 1 aliphatic carbocycles. The molecule has 1 heterocycles. The molecule has 0 radical (unpaired) electrons. The van der Waals surface area contributed by atoms with Crippen LogP contribution in [0, 0.1) is 5.92 Å². The molecule has 1 amide bonds. The largest absolute Gasteiger partial charge is 0.354 e. The van der Waals surface area contributed by atoms with Crippen molar-refractivity contribution in [2.75, 3.05) is 6.54 Å². The number of carbonyl (C=O) groups excluding carboxylic acids is 1. The zero-order chi connectivity index (χ0) is 23.6. The molecule has 0 unspecified atom stereocenters. The van der Waals surface area contributed by atoms with Gasteiger partial charge in [-0.15, -0.1) is 0 Å². The number of hydrogen-bond acceptors (Lipinski definition) is 5. The van der Waals surface area contributed by atoms with Crippen LogP contribution in [0.25, 0.3) is 0 Å². The van der Waals surface area contributed by atoms with E-state index in [0.717, 1.165) is 31.2 Å². The minimum absolute atomic E-state index is 0.0330. The molecule has 10 heteroatoms. The number of nitrogens with two attached hydrogens (primary N) is 1. The molecule has 178 valence electrons. The van der Waals surface area contributed by atoms with Crippen molar-refractivity contribution in [3.05, 3.63) is 60.2 Å². The van der Waals surface area contributed by atoms with Crippen LogP contribution in [0.5, 0.6) is 0 Å². The fourth-order valence-electron chi connectivity index (χ4n) is 5.00. The summed E-state index contributed by atoms with van der Waals surface area (Å²) < 4.78 is 51.2. The van der Waals surface area contributed by atoms with E-state index in [1.807, 2.05) is 0 Å². The van der Waals surface area contributed by atoms with Crippen molar-refractivity contribution in [1.29, 1.82) is 0 Å². The summed E-state index contributed by atoms with van der Waals surface area (Å²) in [6.45, 7) is 0.318. The van der Waals surface area contributed by atoms with Gasteiger partial charge in [0.15, 0.2) is 0 Å². The monoisotopic (exact) mass is 491 g/mol. The lowest BCUT2D eigenvalue weighted by Crippen LogP contribution is -2.49. The third-order valence-electron chi connectivity index (χ3n) is 6.62. The van der Waals surface area contributed by atoms with Gasteiger partial charge in [0.25, 0.3) is 0 Å². The molecule has 8 nitrogen and oxygen atoms in total. The smallest absolute Gasteiger partial charge is 0.244 e. The molecule has 1 aliphatic heterocycles. The van der Waals surface area contributed by atoms with E-state index in [4.69, 9.17) is 5.14 Å². The van der Waals surface area contributed by atoms with Crippen LogP contribution in [-0.2, 0) is 31.3 Å². The number of nitrogens with zero attached hydrogens (tertiary/aromatic N) is 1. The number of carbonyl (C=O) groups is 1. The van der Waals surface area contributed by atoms with Gasteiger partial charge in [-0.1, -0.05) is 43.2 Å². The first-order valence-electron chi connectivity index (χ1n) is 11.2. The van der Waals surface area contributed by atoms with E-state index in [0.29, 0.717) is 19.4 Å². The Bertz CT molecular complexity index is 1200. The molecule has 1 saturated heterocycles. The van der Waals surface area contributed by atoms with Crippen molar-refractivity contribution in [1.82, 2.24) is 9.62 Å². The highest BCUT2D eigenvalue weighted by atomic mass is 32.2. The van der Waals surface area contributed by atoms with E-state index in [9.17, 15) is 21.6 Å². The van der Waals surface area contributed by atoms with E-state index >= 15 is 0 Å². The first-order chi connectivity index (χ1) is 15.7. The van der Waals surface area contributed by atoms with Crippen LogP contribution in [0.3, 0.4) is 0 Å². The summed E-state index contributed by atoms with van der Waals surface area (Å²) in [5, 5.41) is 8.01. The van der Waals surface area contributed by atoms with Crippen LogP contribution in [0.15, 0.2) is 64.4 Å². The Kier molecular flexibility index (Phi) is 6.90. The number of sulfonamides is 2. The second-order valence-electron chi connectivity index (χ2n) is 8.74. The third-order valence-corrected chi connectivity index (χ3v) is 9.49. The number of amides is 1. The summed E-state index contributed by atoms with van der Waals surface area (Å²) in [5.74, 6) is -0.0937. The summed E-state index contributed by atoms with van der Waals surface area (Å²) in [7, 11) is -7.55. The Balaban J connectivity index is 1.47. The molecule has 2 aliphatic rings. The lowest BCUT2D eigenvalue weighted by molar-refractivity contribution is -0.124. The first-order valence-corrected chi connectivity index (χ1v) is 14.1. The van der Waals surface area contributed by atoms with Crippen molar-refractivity contribution < 1.29 is 21.6 Å². The van der Waals surface area contributed by atoms with Crippen LogP contribution in [-0.4, -0.2) is 45.7 Å². The second kappa shape index (κ2) is 9.54. The van der Waals surface area contributed by atoms with Crippen molar-refractivity contribution >= 4 is 26.0 Å². The van der Waals surface area contributed by atoms with E-state index in [2.05, 4.69) is 5.32 Å². The summed E-state index contributed by atoms with van der Waals surface area (Å²) in [6, 6.07) is 13.6. The highest BCUT2D eigenvalue weighted by molar-refractivity contribution is 7.89. The Hall–Kier alpha value is -2.27. The Labute approximate surface area is 195 Å². The number of rotatable bonds is 7. The fraction of sp³-hybridized carbons (Fsp3) is 0.435. The van der Waals surface area contributed by atoms with Gasteiger partial charge in [0.1, 0.15) is 6.04 Å². The van der Waals surface area contributed by atoms with Crippen molar-refractivity contribution in [3.8, 4) is 0 Å². The Morgan fingerprint density at radius 1 is 0.939 bits per heavy atom. The highest BCUT2D eigenvalue weighted by Crippen LogP contribution is 2.42. The first kappa shape index (κ1) is 23.9. The molecular weight excluding hydrogens is 462 g/mol. The second-order valence-corrected chi connectivity index (χ2v) is 12.1. The molecule has 4 rings (SSSR count). The van der Waals surface area contributed by atoms with Gasteiger partial charge in [-0.2, -0.15) is 4.31 Å². The maximum Gasteiger partial charge on any atom is 0.244 e. The lowest BCUT2D eigenvalue weighted by Gasteiger charge is -2.32. The van der Waals surface area contributed by atoms with Crippen LogP contribution < -0.4 is 10.5 Å².